The third-order valence-corrected chi connectivity index (χ3v) is 2.60. The van der Waals surface area contributed by atoms with Crippen LogP contribution in [0.25, 0.3) is 10.9 Å². The van der Waals surface area contributed by atoms with Crippen molar-refractivity contribution in [2.45, 2.75) is 20.3 Å². The van der Waals surface area contributed by atoms with E-state index in [0.717, 1.165) is 23.0 Å². The lowest BCUT2D eigenvalue weighted by Crippen LogP contribution is -2.04. The van der Waals surface area contributed by atoms with Crippen LogP contribution in [0, 0.1) is 0 Å². The average molecular weight is 217 g/mol. The third kappa shape index (κ3) is 1.81. The molecule has 0 spiro atoms. The van der Waals surface area contributed by atoms with E-state index in [4.69, 9.17) is 4.74 Å². The SMILES string of the molecule is CCOC(=O)c1cccc2[nH]c(CC)cc12. The van der Waals surface area contributed by atoms with Crippen molar-refractivity contribution in [3.05, 3.63) is 35.5 Å². The lowest BCUT2D eigenvalue weighted by atomic mass is 10.1. The number of esters is 1. The molecule has 0 aliphatic carbocycles. The smallest absolute Gasteiger partial charge is 0.338 e. The molecule has 2 aromatic rings. The first-order valence-electron chi connectivity index (χ1n) is 5.54. The van der Waals surface area contributed by atoms with Gasteiger partial charge in [0.1, 0.15) is 0 Å². The normalized spacial score (nSPS) is 10.6. The molecule has 2 rings (SSSR count). The zero-order valence-electron chi connectivity index (χ0n) is 9.54. The number of carbonyl (C=O) groups is 1. The molecular weight excluding hydrogens is 202 g/mol. The van der Waals surface area contributed by atoms with E-state index in [1.807, 2.05) is 25.1 Å². The van der Waals surface area contributed by atoms with Crippen molar-refractivity contribution in [1.29, 1.82) is 0 Å². The molecule has 0 fully saturated rings. The van der Waals surface area contributed by atoms with Crippen LogP contribution < -0.4 is 0 Å². The summed E-state index contributed by atoms with van der Waals surface area (Å²) in [4.78, 5) is 15.0. The molecule has 0 bridgehead atoms. The lowest BCUT2D eigenvalue weighted by molar-refractivity contribution is 0.0528. The van der Waals surface area contributed by atoms with Crippen molar-refractivity contribution in [3.63, 3.8) is 0 Å². The van der Waals surface area contributed by atoms with E-state index in [0.29, 0.717) is 12.2 Å². The fourth-order valence-electron chi connectivity index (χ4n) is 1.79. The number of rotatable bonds is 3. The Morgan fingerprint density at radius 3 is 2.88 bits per heavy atom. The van der Waals surface area contributed by atoms with Gasteiger partial charge in [-0.1, -0.05) is 13.0 Å². The van der Waals surface area contributed by atoms with Crippen LogP contribution in [0.3, 0.4) is 0 Å². The molecule has 16 heavy (non-hydrogen) atoms. The maximum atomic E-state index is 11.7. The molecule has 0 aliphatic rings. The fraction of sp³-hybridized carbons (Fsp3) is 0.308. The summed E-state index contributed by atoms with van der Waals surface area (Å²) in [7, 11) is 0. The van der Waals surface area contributed by atoms with E-state index in [2.05, 4.69) is 11.9 Å². The lowest BCUT2D eigenvalue weighted by Gasteiger charge is -2.02. The highest BCUT2D eigenvalue weighted by Gasteiger charge is 2.12. The van der Waals surface area contributed by atoms with E-state index in [1.165, 1.54) is 0 Å². The quantitative estimate of drug-likeness (QED) is 0.803. The predicted octanol–water partition coefficient (Wildman–Crippen LogP) is 2.91. The summed E-state index contributed by atoms with van der Waals surface area (Å²) in [5.41, 5.74) is 2.75. The number of benzene rings is 1. The molecule has 1 aromatic heterocycles. The first-order chi connectivity index (χ1) is 7.76. The van der Waals surface area contributed by atoms with Crippen molar-refractivity contribution in [2.24, 2.45) is 0 Å². The minimum atomic E-state index is -0.255. The molecule has 0 saturated carbocycles. The number of carbonyl (C=O) groups excluding carboxylic acids is 1. The van der Waals surface area contributed by atoms with Crippen LogP contribution in [-0.4, -0.2) is 17.6 Å². The van der Waals surface area contributed by atoms with Crippen molar-refractivity contribution < 1.29 is 9.53 Å². The molecular formula is C13H15NO2. The van der Waals surface area contributed by atoms with Crippen molar-refractivity contribution in [3.8, 4) is 0 Å². The van der Waals surface area contributed by atoms with Crippen LogP contribution in [0.5, 0.6) is 0 Å². The Morgan fingerprint density at radius 2 is 2.19 bits per heavy atom. The first-order valence-corrected chi connectivity index (χ1v) is 5.54. The number of aromatic amines is 1. The molecule has 84 valence electrons. The molecule has 0 saturated heterocycles. The van der Waals surface area contributed by atoms with Gasteiger partial charge in [-0.05, 0) is 31.5 Å². The maximum absolute atomic E-state index is 11.7. The van der Waals surface area contributed by atoms with Crippen LogP contribution >= 0.6 is 0 Å². The number of ether oxygens (including phenoxy) is 1. The Morgan fingerprint density at radius 1 is 1.38 bits per heavy atom. The van der Waals surface area contributed by atoms with Gasteiger partial charge in [-0.15, -0.1) is 0 Å². The van der Waals surface area contributed by atoms with Gasteiger partial charge in [0.2, 0.25) is 0 Å². The van der Waals surface area contributed by atoms with Gasteiger partial charge in [0, 0.05) is 16.6 Å². The van der Waals surface area contributed by atoms with E-state index < -0.39 is 0 Å². The first kappa shape index (κ1) is 10.7. The van der Waals surface area contributed by atoms with Gasteiger partial charge in [-0.25, -0.2) is 4.79 Å². The summed E-state index contributed by atoms with van der Waals surface area (Å²) in [6.45, 7) is 4.29. The Kier molecular flexibility index (Phi) is 2.95. The van der Waals surface area contributed by atoms with Crippen LogP contribution in [0.15, 0.2) is 24.3 Å². The molecule has 3 nitrogen and oxygen atoms in total. The minimum Gasteiger partial charge on any atom is -0.462 e. The number of H-pyrrole nitrogens is 1. The molecule has 1 heterocycles. The molecule has 0 amide bonds. The van der Waals surface area contributed by atoms with Crippen molar-refractivity contribution in [1.82, 2.24) is 4.98 Å². The van der Waals surface area contributed by atoms with Crippen LogP contribution in [0.4, 0.5) is 0 Å². The molecule has 0 unspecified atom stereocenters. The van der Waals surface area contributed by atoms with Gasteiger partial charge in [-0.3, -0.25) is 0 Å². The topological polar surface area (TPSA) is 42.1 Å². The summed E-state index contributed by atoms with van der Waals surface area (Å²) < 4.78 is 5.03. The number of nitrogens with one attached hydrogen (secondary N) is 1. The largest absolute Gasteiger partial charge is 0.462 e. The molecule has 3 heteroatoms. The number of aryl methyl sites for hydroxylation is 1. The summed E-state index contributed by atoms with van der Waals surface area (Å²) >= 11 is 0. The predicted molar refractivity (Wildman–Crippen MR) is 63.6 cm³/mol. The second-order valence-corrected chi connectivity index (χ2v) is 3.64. The van der Waals surface area contributed by atoms with Gasteiger partial charge < -0.3 is 9.72 Å². The molecule has 1 N–H and O–H groups in total. The second kappa shape index (κ2) is 4.39. The van der Waals surface area contributed by atoms with E-state index in [-0.39, 0.29) is 5.97 Å². The summed E-state index contributed by atoms with van der Waals surface area (Å²) in [5, 5.41) is 0.942. The van der Waals surface area contributed by atoms with E-state index in [1.54, 1.807) is 6.07 Å². The number of hydrogen-bond donors (Lipinski definition) is 1. The zero-order chi connectivity index (χ0) is 11.5. The highest BCUT2D eigenvalue weighted by atomic mass is 16.5. The number of fused-ring (bicyclic) bond motifs is 1. The molecule has 0 atom stereocenters. The van der Waals surface area contributed by atoms with E-state index >= 15 is 0 Å². The Labute approximate surface area is 94.4 Å². The number of aromatic nitrogens is 1. The highest BCUT2D eigenvalue weighted by molar-refractivity contribution is 6.03. The Bertz CT molecular complexity index is 514. The Balaban J connectivity index is 2.52. The average Bonchev–Trinajstić information content (AvgIpc) is 2.71. The zero-order valence-corrected chi connectivity index (χ0v) is 9.54. The molecule has 0 radical (unpaired) electrons. The maximum Gasteiger partial charge on any atom is 0.338 e. The van der Waals surface area contributed by atoms with Crippen LogP contribution in [0.2, 0.25) is 0 Å². The summed E-state index contributed by atoms with van der Waals surface area (Å²) in [6.07, 6.45) is 0.928. The number of hydrogen-bond acceptors (Lipinski definition) is 2. The fourth-order valence-corrected chi connectivity index (χ4v) is 1.79. The third-order valence-electron chi connectivity index (χ3n) is 2.60. The van der Waals surface area contributed by atoms with Gasteiger partial charge in [-0.2, -0.15) is 0 Å². The minimum absolute atomic E-state index is 0.255. The second-order valence-electron chi connectivity index (χ2n) is 3.64. The van der Waals surface area contributed by atoms with Gasteiger partial charge >= 0.3 is 5.97 Å². The highest BCUT2D eigenvalue weighted by Crippen LogP contribution is 2.21. The summed E-state index contributed by atoms with van der Waals surface area (Å²) in [6, 6.07) is 7.65. The molecule has 0 aliphatic heterocycles. The Hall–Kier alpha value is -1.77. The van der Waals surface area contributed by atoms with Gasteiger partial charge in [0.05, 0.1) is 12.2 Å². The molecule has 1 aromatic carbocycles. The van der Waals surface area contributed by atoms with Crippen LogP contribution in [0.1, 0.15) is 29.9 Å². The van der Waals surface area contributed by atoms with Crippen LogP contribution in [-0.2, 0) is 11.2 Å². The van der Waals surface area contributed by atoms with Crippen molar-refractivity contribution in [2.75, 3.05) is 6.61 Å². The van der Waals surface area contributed by atoms with Crippen molar-refractivity contribution >= 4 is 16.9 Å². The summed E-state index contributed by atoms with van der Waals surface area (Å²) in [5.74, 6) is -0.255. The standard InChI is InChI=1S/C13H15NO2/c1-3-9-8-11-10(13(15)16-4-2)6-5-7-12(11)14-9/h5-8,14H,3-4H2,1-2H3. The monoisotopic (exact) mass is 217 g/mol. The van der Waals surface area contributed by atoms with Gasteiger partial charge in [0.15, 0.2) is 0 Å². The van der Waals surface area contributed by atoms with E-state index in [9.17, 15) is 4.79 Å². The van der Waals surface area contributed by atoms with Gasteiger partial charge in [0.25, 0.3) is 0 Å².